The lowest BCUT2D eigenvalue weighted by Crippen LogP contribution is -2.50. The highest BCUT2D eigenvalue weighted by molar-refractivity contribution is 7.80. The van der Waals surface area contributed by atoms with Crippen LogP contribution < -0.4 is 10.6 Å². The Morgan fingerprint density at radius 3 is 2.43 bits per heavy atom. The molecule has 0 heterocycles. The van der Waals surface area contributed by atoms with Gasteiger partial charge in [0.25, 0.3) is 0 Å². The van der Waals surface area contributed by atoms with E-state index in [1.807, 2.05) is 6.92 Å². The van der Waals surface area contributed by atoms with Crippen molar-refractivity contribution in [3.8, 4) is 0 Å². The maximum atomic E-state index is 11.6. The number of carbonyl (C=O) groups is 2. The zero-order chi connectivity index (χ0) is 10.8. The Morgan fingerprint density at radius 1 is 1.50 bits per heavy atom. The van der Waals surface area contributed by atoms with E-state index in [1.54, 1.807) is 0 Å². The molecule has 1 aliphatic carbocycles. The van der Waals surface area contributed by atoms with Crippen molar-refractivity contribution in [1.29, 1.82) is 0 Å². The van der Waals surface area contributed by atoms with Gasteiger partial charge in [-0.15, -0.1) is 0 Å². The Hall–Kier alpha value is -0.710. The maximum Gasteiger partial charge on any atom is 0.243 e. The van der Waals surface area contributed by atoms with Crippen LogP contribution in [0.5, 0.6) is 0 Å². The highest BCUT2D eigenvalue weighted by Gasteiger charge is 2.39. The molecule has 1 unspecified atom stereocenters. The lowest BCUT2D eigenvalue weighted by atomic mass is 10.2. The molecule has 1 fully saturated rings. The molecule has 1 rings (SSSR count). The molecule has 80 valence electrons. The van der Waals surface area contributed by atoms with Crippen LogP contribution in [0.3, 0.4) is 0 Å². The van der Waals surface area contributed by atoms with Gasteiger partial charge in [-0.05, 0) is 19.8 Å². The molecule has 0 saturated heterocycles. The van der Waals surface area contributed by atoms with E-state index in [4.69, 9.17) is 0 Å². The van der Waals surface area contributed by atoms with Gasteiger partial charge >= 0.3 is 0 Å². The molecule has 0 aromatic rings. The lowest BCUT2D eigenvalue weighted by molar-refractivity contribution is -0.128. The summed E-state index contributed by atoms with van der Waals surface area (Å²) in [6.45, 7) is 3.39. The average molecular weight is 216 g/mol. The second-order valence-electron chi connectivity index (χ2n) is 3.99. The third kappa shape index (κ3) is 3.21. The number of thiol groups is 1. The van der Waals surface area contributed by atoms with Crippen molar-refractivity contribution in [2.75, 3.05) is 5.75 Å². The molecule has 14 heavy (non-hydrogen) atoms. The van der Waals surface area contributed by atoms with E-state index >= 15 is 0 Å². The number of amides is 2. The van der Waals surface area contributed by atoms with Crippen molar-refractivity contribution < 1.29 is 9.59 Å². The summed E-state index contributed by atoms with van der Waals surface area (Å²) in [5.74, 6) is -0.0306. The summed E-state index contributed by atoms with van der Waals surface area (Å²) in [6.07, 6.45) is 2.02. The predicted octanol–water partition coefficient (Wildman–Crippen LogP) is 0.0896. The maximum absolute atomic E-state index is 11.6. The standard InChI is InChI=1S/C9H16N2O2S/c1-6(12)10-7(5-14)8(13)11-9(2)3-4-9/h7,14H,3-5H2,1-2H3,(H,10,12)(H,11,13). The van der Waals surface area contributed by atoms with Gasteiger partial charge in [0.05, 0.1) is 0 Å². The van der Waals surface area contributed by atoms with E-state index < -0.39 is 6.04 Å². The molecule has 0 aromatic carbocycles. The molecule has 1 saturated carbocycles. The van der Waals surface area contributed by atoms with Gasteiger partial charge in [-0.25, -0.2) is 0 Å². The molecule has 1 atom stereocenters. The highest BCUT2D eigenvalue weighted by atomic mass is 32.1. The van der Waals surface area contributed by atoms with Crippen molar-refractivity contribution in [3.63, 3.8) is 0 Å². The van der Waals surface area contributed by atoms with Gasteiger partial charge in [0, 0.05) is 18.2 Å². The first kappa shape index (κ1) is 11.4. The number of hydrogen-bond donors (Lipinski definition) is 3. The summed E-state index contributed by atoms with van der Waals surface area (Å²) < 4.78 is 0. The SMILES string of the molecule is CC(=O)NC(CS)C(=O)NC1(C)CC1. The molecule has 1 aliphatic rings. The third-order valence-electron chi connectivity index (χ3n) is 2.30. The molecule has 0 radical (unpaired) electrons. The Kier molecular flexibility index (Phi) is 3.42. The minimum atomic E-state index is -0.520. The molecule has 0 bridgehead atoms. The van der Waals surface area contributed by atoms with E-state index in [-0.39, 0.29) is 17.4 Å². The van der Waals surface area contributed by atoms with Crippen molar-refractivity contribution >= 4 is 24.4 Å². The van der Waals surface area contributed by atoms with Gasteiger partial charge in [-0.1, -0.05) is 0 Å². The van der Waals surface area contributed by atoms with E-state index in [1.165, 1.54) is 6.92 Å². The fourth-order valence-electron chi connectivity index (χ4n) is 1.14. The first-order chi connectivity index (χ1) is 6.47. The van der Waals surface area contributed by atoms with Crippen molar-refractivity contribution in [2.45, 2.75) is 38.3 Å². The molecule has 0 aliphatic heterocycles. The molecule has 2 N–H and O–H groups in total. The van der Waals surface area contributed by atoms with Gasteiger partial charge in [0.1, 0.15) is 6.04 Å². The van der Waals surface area contributed by atoms with Crippen molar-refractivity contribution in [3.05, 3.63) is 0 Å². The van der Waals surface area contributed by atoms with Gasteiger partial charge in [-0.3, -0.25) is 9.59 Å². The summed E-state index contributed by atoms with van der Waals surface area (Å²) in [5.41, 5.74) is -0.0449. The van der Waals surface area contributed by atoms with E-state index in [0.717, 1.165) is 12.8 Å². The summed E-state index contributed by atoms with van der Waals surface area (Å²) in [5, 5.41) is 5.44. The molecule has 0 aromatic heterocycles. The normalized spacial score (nSPS) is 19.6. The zero-order valence-electron chi connectivity index (χ0n) is 8.46. The second-order valence-corrected chi connectivity index (χ2v) is 4.35. The third-order valence-corrected chi connectivity index (χ3v) is 2.67. The van der Waals surface area contributed by atoms with Crippen LogP contribution >= 0.6 is 12.6 Å². The summed E-state index contributed by atoms with van der Waals surface area (Å²) in [6, 6.07) is -0.520. The number of hydrogen-bond acceptors (Lipinski definition) is 3. The number of rotatable bonds is 4. The van der Waals surface area contributed by atoms with Crippen LogP contribution in [0.2, 0.25) is 0 Å². The fraction of sp³-hybridized carbons (Fsp3) is 0.778. The summed E-state index contributed by atoms with van der Waals surface area (Å²) in [4.78, 5) is 22.4. The second kappa shape index (κ2) is 4.21. The Bertz CT molecular complexity index is 251. The van der Waals surface area contributed by atoms with Gasteiger partial charge in [-0.2, -0.15) is 12.6 Å². The van der Waals surface area contributed by atoms with Crippen LogP contribution in [0.1, 0.15) is 26.7 Å². The molecule has 2 amide bonds. The molecule has 0 spiro atoms. The van der Waals surface area contributed by atoms with Crippen LogP contribution in [0.25, 0.3) is 0 Å². The molecule has 5 heteroatoms. The van der Waals surface area contributed by atoms with Crippen molar-refractivity contribution in [1.82, 2.24) is 10.6 Å². The Balaban J connectivity index is 2.43. The summed E-state index contributed by atoms with van der Waals surface area (Å²) >= 11 is 4.02. The van der Waals surface area contributed by atoms with Crippen LogP contribution in [0, 0.1) is 0 Å². The first-order valence-electron chi connectivity index (χ1n) is 4.67. The quantitative estimate of drug-likeness (QED) is 0.583. The van der Waals surface area contributed by atoms with Crippen LogP contribution in [-0.2, 0) is 9.59 Å². The molecule has 4 nitrogen and oxygen atoms in total. The monoisotopic (exact) mass is 216 g/mol. The lowest BCUT2D eigenvalue weighted by Gasteiger charge is -2.18. The predicted molar refractivity (Wildman–Crippen MR) is 57.2 cm³/mol. The smallest absolute Gasteiger partial charge is 0.243 e. The minimum Gasteiger partial charge on any atom is -0.349 e. The van der Waals surface area contributed by atoms with E-state index in [9.17, 15) is 9.59 Å². The summed E-state index contributed by atoms with van der Waals surface area (Å²) in [7, 11) is 0. The fourth-order valence-corrected chi connectivity index (χ4v) is 1.39. The van der Waals surface area contributed by atoms with Gasteiger partial charge < -0.3 is 10.6 Å². The Morgan fingerprint density at radius 2 is 2.07 bits per heavy atom. The van der Waals surface area contributed by atoms with E-state index in [2.05, 4.69) is 23.3 Å². The van der Waals surface area contributed by atoms with Gasteiger partial charge in [0.15, 0.2) is 0 Å². The number of nitrogens with one attached hydrogen (secondary N) is 2. The van der Waals surface area contributed by atoms with Crippen LogP contribution in [0.15, 0.2) is 0 Å². The van der Waals surface area contributed by atoms with E-state index in [0.29, 0.717) is 5.75 Å². The largest absolute Gasteiger partial charge is 0.349 e. The Labute approximate surface area is 89.2 Å². The average Bonchev–Trinajstić information content (AvgIpc) is 2.78. The van der Waals surface area contributed by atoms with Crippen LogP contribution in [0.4, 0.5) is 0 Å². The van der Waals surface area contributed by atoms with Crippen LogP contribution in [-0.4, -0.2) is 29.1 Å². The highest BCUT2D eigenvalue weighted by Crippen LogP contribution is 2.34. The molecular formula is C9H16N2O2S. The number of carbonyl (C=O) groups excluding carboxylic acids is 2. The van der Waals surface area contributed by atoms with Gasteiger partial charge in [0.2, 0.25) is 11.8 Å². The minimum absolute atomic E-state index is 0.0449. The topological polar surface area (TPSA) is 58.2 Å². The first-order valence-corrected chi connectivity index (χ1v) is 5.30. The molecular weight excluding hydrogens is 200 g/mol. The van der Waals surface area contributed by atoms with Crippen molar-refractivity contribution in [2.24, 2.45) is 0 Å². The zero-order valence-corrected chi connectivity index (χ0v) is 9.36.